The van der Waals surface area contributed by atoms with Gasteiger partial charge in [0.1, 0.15) is 0 Å². The van der Waals surface area contributed by atoms with Crippen molar-refractivity contribution in [3.05, 3.63) is 117 Å². The van der Waals surface area contributed by atoms with Gasteiger partial charge in [0.2, 0.25) is 0 Å². The minimum absolute atomic E-state index is 0.235. The van der Waals surface area contributed by atoms with Crippen molar-refractivity contribution in [2.75, 3.05) is 27.3 Å². The van der Waals surface area contributed by atoms with Crippen molar-refractivity contribution in [3.8, 4) is 0 Å². The number of rotatable bonds is 10. The number of esters is 2. The minimum atomic E-state index is -0.454. The molecule has 0 aliphatic rings. The van der Waals surface area contributed by atoms with E-state index in [0.29, 0.717) is 27.7 Å². The Morgan fingerprint density at radius 1 is 0.694 bits per heavy atom. The Labute approximate surface area is 221 Å². The summed E-state index contributed by atoms with van der Waals surface area (Å²) in [7, 11) is 2.69. The lowest BCUT2D eigenvalue weighted by molar-refractivity contribution is -0.136. The van der Waals surface area contributed by atoms with Crippen molar-refractivity contribution in [2.45, 2.75) is 6.54 Å². The highest BCUT2D eigenvalue weighted by atomic mass is 35.5. The highest BCUT2D eigenvalue weighted by Crippen LogP contribution is 2.19. The molecule has 0 heterocycles. The average Bonchev–Trinajstić information content (AvgIpc) is 2.90. The molecule has 0 bridgehead atoms. The quantitative estimate of drug-likeness (QED) is 0.230. The summed E-state index contributed by atoms with van der Waals surface area (Å²) in [6.07, 6.45) is 3.53. The summed E-state index contributed by atoms with van der Waals surface area (Å²) in [5, 5.41) is 1.21. The van der Waals surface area contributed by atoms with Crippen molar-refractivity contribution in [1.29, 1.82) is 0 Å². The Morgan fingerprint density at radius 2 is 1.11 bits per heavy atom. The molecule has 0 spiro atoms. The van der Waals surface area contributed by atoms with Gasteiger partial charge in [0.25, 0.3) is 0 Å². The number of benzene rings is 3. The van der Waals surface area contributed by atoms with Crippen LogP contribution in [0.25, 0.3) is 12.2 Å². The molecule has 3 aromatic rings. The fraction of sp³-hybridized carbons (Fsp3) is 0.172. The van der Waals surface area contributed by atoms with Gasteiger partial charge in [-0.3, -0.25) is 4.90 Å². The summed E-state index contributed by atoms with van der Waals surface area (Å²) in [5.41, 5.74) is 3.52. The Morgan fingerprint density at radius 3 is 1.50 bits per heavy atom. The first-order valence-electron chi connectivity index (χ1n) is 11.2. The summed E-state index contributed by atoms with van der Waals surface area (Å²) in [4.78, 5) is 27.4. The third-order valence-corrected chi connectivity index (χ3v) is 5.86. The number of halogens is 2. The van der Waals surface area contributed by atoms with Crippen LogP contribution < -0.4 is 0 Å². The number of hydrogen-bond acceptors (Lipinski definition) is 5. The zero-order valence-corrected chi connectivity index (χ0v) is 21.6. The zero-order chi connectivity index (χ0) is 25.9. The van der Waals surface area contributed by atoms with Gasteiger partial charge in [-0.1, -0.05) is 77.8 Å². The molecule has 0 N–H and O–H groups in total. The smallest absolute Gasteiger partial charge is 0.335 e. The number of methoxy groups -OCH3 is 2. The van der Waals surface area contributed by atoms with E-state index in [9.17, 15) is 9.59 Å². The number of carbonyl (C=O) groups excluding carboxylic acids is 2. The molecular formula is C29H27Cl2NO4. The second kappa shape index (κ2) is 13.6. The first kappa shape index (κ1) is 27.2. The number of carbonyl (C=O) groups is 2. The third kappa shape index (κ3) is 8.38. The van der Waals surface area contributed by atoms with E-state index in [4.69, 9.17) is 32.7 Å². The second-order valence-electron chi connectivity index (χ2n) is 8.06. The largest absolute Gasteiger partial charge is 0.466 e. The summed E-state index contributed by atoms with van der Waals surface area (Å²) < 4.78 is 10.1. The van der Waals surface area contributed by atoms with E-state index in [2.05, 4.69) is 0 Å². The van der Waals surface area contributed by atoms with Gasteiger partial charge in [-0.2, -0.15) is 0 Å². The normalized spacial score (nSPS) is 11.9. The fourth-order valence-corrected chi connectivity index (χ4v) is 3.86. The van der Waals surface area contributed by atoms with Gasteiger partial charge in [0.15, 0.2) is 0 Å². The lowest BCUT2D eigenvalue weighted by atomic mass is 10.1. The van der Waals surface area contributed by atoms with Gasteiger partial charge < -0.3 is 9.47 Å². The Bertz CT molecular complexity index is 1140. The molecule has 7 heteroatoms. The minimum Gasteiger partial charge on any atom is -0.466 e. The second-order valence-corrected chi connectivity index (χ2v) is 8.93. The molecule has 0 saturated heterocycles. The molecule has 0 aromatic heterocycles. The fourth-order valence-electron chi connectivity index (χ4n) is 3.61. The molecule has 0 unspecified atom stereocenters. The van der Waals surface area contributed by atoms with Crippen LogP contribution in [0.3, 0.4) is 0 Å². The van der Waals surface area contributed by atoms with Gasteiger partial charge in [0.05, 0.1) is 25.4 Å². The van der Waals surface area contributed by atoms with Gasteiger partial charge >= 0.3 is 11.9 Å². The molecule has 0 saturated carbocycles. The molecule has 0 fully saturated rings. The topological polar surface area (TPSA) is 55.8 Å². The number of ether oxygens (including phenoxy) is 2. The summed E-state index contributed by atoms with van der Waals surface area (Å²) in [6.45, 7) is 0.961. The van der Waals surface area contributed by atoms with E-state index in [0.717, 1.165) is 16.7 Å². The Hall–Kier alpha value is -3.38. The first-order chi connectivity index (χ1) is 17.4. The maximum atomic E-state index is 12.7. The van der Waals surface area contributed by atoms with Crippen LogP contribution in [0.15, 0.2) is 90.0 Å². The van der Waals surface area contributed by atoms with E-state index in [-0.39, 0.29) is 13.1 Å². The molecule has 5 nitrogen and oxygen atoms in total. The molecule has 3 rings (SSSR count). The van der Waals surface area contributed by atoms with Crippen LogP contribution in [0.4, 0.5) is 0 Å². The van der Waals surface area contributed by atoms with Crippen molar-refractivity contribution in [1.82, 2.24) is 4.90 Å². The number of hydrogen-bond donors (Lipinski definition) is 0. The van der Waals surface area contributed by atoms with E-state index in [1.165, 1.54) is 14.2 Å². The van der Waals surface area contributed by atoms with Crippen LogP contribution >= 0.6 is 23.2 Å². The highest BCUT2D eigenvalue weighted by molar-refractivity contribution is 6.30. The van der Waals surface area contributed by atoms with E-state index < -0.39 is 11.9 Å². The van der Waals surface area contributed by atoms with Crippen molar-refractivity contribution < 1.29 is 19.1 Å². The first-order valence-corrected chi connectivity index (χ1v) is 12.0. The number of nitrogens with zero attached hydrogens (tertiary/aromatic N) is 1. The van der Waals surface area contributed by atoms with E-state index in [1.54, 1.807) is 36.4 Å². The third-order valence-electron chi connectivity index (χ3n) is 5.35. The Kier molecular flexibility index (Phi) is 10.3. The van der Waals surface area contributed by atoms with Gasteiger partial charge in [-0.15, -0.1) is 0 Å². The lowest BCUT2D eigenvalue weighted by Crippen LogP contribution is -2.32. The maximum absolute atomic E-state index is 12.7. The van der Waals surface area contributed by atoms with Crippen LogP contribution in [0.2, 0.25) is 10.0 Å². The van der Waals surface area contributed by atoms with E-state index >= 15 is 0 Å². The predicted molar refractivity (Wildman–Crippen MR) is 145 cm³/mol. The van der Waals surface area contributed by atoms with Crippen LogP contribution in [-0.4, -0.2) is 44.1 Å². The molecule has 0 aliphatic carbocycles. The standard InChI is InChI=1S/C29H27Cl2NO4/c1-35-28(33)24(16-21-8-12-26(30)13-9-21)19-32(18-23-6-4-3-5-7-23)20-25(29(34)36-2)17-22-10-14-27(31)15-11-22/h3-17H,18-20H2,1-2H3/b24-16+,25-17+. The molecule has 36 heavy (non-hydrogen) atoms. The van der Waals surface area contributed by atoms with Crippen LogP contribution in [0, 0.1) is 0 Å². The molecule has 0 radical (unpaired) electrons. The van der Waals surface area contributed by atoms with Crippen molar-refractivity contribution in [2.24, 2.45) is 0 Å². The molecule has 186 valence electrons. The SMILES string of the molecule is COC(=O)/C(=C/c1ccc(Cl)cc1)CN(C/C(=C\c1ccc(Cl)cc1)C(=O)OC)Cc1ccccc1. The van der Waals surface area contributed by atoms with Gasteiger partial charge in [-0.25, -0.2) is 9.59 Å². The Balaban J connectivity index is 1.97. The molecule has 0 amide bonds. The zero-order valence-electron chi connectivity index (χ0n) is 20.1. The van der Waals surface area contributed by atoms with Crippen molar-refractivity contribution >= 4 is 47.3 Å². The molecule has 0 aliphatic heterocycles. The van der Waals surface area contributed by atoms with E-state index in [1.807, 2.05) is 59.5 Å². The van der Waals surface area contributed by atoms with Gasteiger partial charge in [0, 0.05) is 29.7 Å². The monoisotopic (exact) mass is 523 g/mol. The van der Waals surface area contributed by atoms with Crippen LogP contribution in [-0.2, 0) is 25.6 Å². The average molecular weight is 524 g/mol. The summed E-state index contributed by atoms with van der Waals surface area (Å²) in [5.74, 6) is -0.909. The maximum Gasteiger partial charge on any atom is 0.335 e. The van der Waals surface area contributed by atoms with Crippen LogP contribution in [0.5, 0.6) is 0 Å². The van der Waals surface area contributed by atoms with Crippen molar-refractivity contribution in [3.63, 3.8) is 0 Å². The molecular weight excluding hydrogens is 497 g/mol. The highest BCUT2D eigenvalue weighted by Gasteiger charge is 2.20. The molecule has 3 aromatic carbocycles. The predicted octanol–water partition coefficient (Wildman–Crippen LogP) is 6.31. The van der Waals surface area contributed by atoms with Crippen LogP contribution in [0.1, 0.15) is 16.7 Å². The summed E-state index contributed by atoms with van der Waals surface area (Å²) >= 11 is 12.0. The summed E-state index contributed by atoms with van der Waals surface area (Å²) in [6, 6.07) is 24.2. The molecule has 0 atom stereocenters. The van der Waals surface area contributed by atoms with Gasteiger partial charge in [-0.05, 0) is 53.1 Å². The lowest BCUT2D eigenvalue weighted by Gasteiger charge is -2.24.